The predicted molar refractivity (Wildman–Crippen MR) is 116 cm³/mol. The van der Waals surface area contributed by atoms with Gasteiger partial charge in [0.25, 0.3) is 5.91 Å². The first-order chi connectivity index (χ1) is 13.1. The fourth-order valence-electron chi connectivity index (χ4n) is 3.50. The van der Waals surface area contributed by atoms with Crippen LogP contribution in [0, 0.1) is 19.3 Å². The third-order valence-corrected chi connectivity index (χ3v) is 5.06. The van der Waals surface area contributed by atoms with Crippen LogP contribution in [0.4, 0.5) is 5.69 Å². The summed E-state index contributed by atoms with van der Waals surface area (Å²) in [4.78, 5) is 12.9. The van der Waals surface area contributed by atoms with Gasteiger partial charge in [0.15, 0.2) is 10.9 Å². The van der Waals surface area contributed by atoms with Crippen molar-refractivity contribution in [2.24, 2.45) is 16.3 Å². The van der Waals surface area contributed by atoms with Crippen LogP contribution >= 0.6 is 23.8 Å². The fraction of sp³-hybridized carbons (Fsp3) is 0.350. The zero-order chi connectivity index (χ0) is 20.6. The topological polar surface area (TPSA) is 92.6 Å². The number of carbonyl (C=O) groups is 1. The average Bonchev–Trinajstić information content (AvgIpc) is 2.90. The second kappa shape index (κ2) is 7.56. The van der Waals surface area contributed by atoms with E-state index < -0.39 is 0 Å². The summed E-state index contributed by atoms with van der Waals surface area (Å²) in [5.74, 6) is 0.715. The Labute approximate surface area is 174 Å². The molecule has 2 aromatic rings. The lowest BCUT2D eigenvalue weighted by Gasteiger charge is -2.29. The molecule has 1 amide bonds. The molecule has 0 saturated heterocycles. The Morgan fingerprint density at radius 2 is 2.04 bits per heavy atom. The fourth-order valence-corrected chi connectivity index (χ4v) is 3.77. The molecule has 8 heteroatoms. The van der Waals surface area contributed by atoms with Gasteiger partial charge in [0.2, 0.25) is 0 Å². The second-order valence-corrected chi connectivity index (χ2v) is 8.70. The van der Waals surface area contributed by atoms with E-state index in [1.165, 1.54) is 0 Å². The summed E-state index contributed by atoms with van der Waals surface area (Å²) in [6.45, 7) is 8.00. The molecule has 1 aromatic carbocycles. The van der Waals surface area contributed by atoms with Gasteiger partial charge < -0.3 is 15.5 Å². The van der Waals surface area contributed by atoms with E-state index in [1.54, 1.807) is 18.2 Å². The van der Waals surface area contributed by atoms with E-state index in [0.717, 1.165) is 28.2 Å². The molecular formula is C20H23ClN4O2S. The Balaban J connectivity index is 1.97. The lowest BCUT2D eigenvalue weighted by molar-refractivity contribution is 0.0992. The SMILES string of the molecule is Cc1cc(Cl)ccc1NC(=O)c1oc2c(c1C)/C(=N\NC(N)=S)CC(C)(C)C2. The smallest absolute Gasteiger partial charge is 0.291 e. The van der Waals surface area contributed by atoms with Gasteiger partial charge in [-0.05, 0) is 61.7 Å². The van der Waals surface area contributed by atoms with Crippen LogP contribution in [0.1, 0.15) is 53.3 Å². The van der Waals surface area contributed by atoms with Crippen molar-refractivity contribution in [2.45, 2.75) is 40.5 Å². The minimum absolute atomic E-state index is 0.0610. The maximum Gasteiger partial charge on any atom is 0.291 e. The van der Waals surface area contributed by atoms with E-state index >= 15 is 0 Å². The standard InChI is InChI=1S/C20H23ClN4O2S/c1-10-7-12(21)5-6-13(10)23-18(26)17-11(2)16-14(24-25-19(22)28)8-20(3,4)9-15(16)27-17/h5-7H,8-9H2,1-4H3,(H,23,26)(H3,22,25,28)/b24-14-. The van der Waals surface area contributed by atoms with E-state index in [4.69, 9.17) is 34.0 Å². The van der Waals surface area contributed by atoms with Crippen LogP contribution in [0.3, 0.4) is 0 Å². The molecule has 4 N–H and O–H groups in total. The number of hydrogen-bond acceptors (Lipinski definition) is 4. The third-order valence-electron chi connectivity index (χ3n) is 4.74. The molecule has 3 rings (SSSR count). The number of halogens is 1. The highest BCUT2D eigenvalue weighted by Crippen LogP contribution is 2.39. The summed E-state index contributed by atoms with van der Waals surface area (Å²) >= 11 is 10.8. The molecule has 0 fully saturated rings. The van der Waals surface area contributed by atoms with Gasteiger partial charge in [-0.2, -0.15) is 5.10 Å². The summed E-state index contributed by atoms with van der Waals surface area (Å²) in [6, 6.07) is 5.31. The van der Waals surface area contributed by atoms with Crippen molar-refractivity contribution in [3.63, 3.8) is 0 Å². The van der Waals surface area contributed by atoms with Crippen LogP contribution in [0.2, 0.25) is 5.02 Å². The lowest BCUT2D eigenvalue weighted by atomic mass is 9.75. The van der Waals surface area contributed by atoms with E-state index in [-0.39, 0.29) is 22.2 Å². The molecule has 1 aliphatic carbocycles. The first-order valence-electron chi connectivity index (χ1n) is 8.89. The van der Waals surface area contributed by atoms with Gasteiger partial charge in [-0.15, -0.1) is 0 Å². The molecule has 0 radical (unpaired) electrons. The maximum absolute atomic E-state index is 12.9. The molecule has 0 bridgehead atoms. The highest BCUT2D eigenvalue weighted by molar-refractivity contribution is 7.80. The second-order valence-electron chi connectivity index (χ2n) is 7.82. The average molecular weight is 419 g/mol. The molecule has 148 valence electrons. The highest BCUT2D eigenvalue weighted by atomic mass is 35.5. The van der Waals surface area contributed by atoms with Crippen molar-refractivity contribution in [1.29, 1.82) is 0 Å². The van der Waals surface area contributed by atoms with Crippen molar-refractivity contribution in [3.8, 4) is 0 Å². The number of anilines is 1. The van der Waals surface area contributed by atoms with Gasteiger partial charge in [-0.25, -0.2) is 0 Å². The quantitative estimate of drug-likeness (QED) is 0.510. The van der Waals surface area contributed by atoms with Gasteiger partial charge >= 0.3 is 0 Å². The van der Waals surface area contributed by atoms with Gasteiger partial charge in [0.1, 0.15) is 5.76 Å². The number of thiocarbonyl (C=S) groups is 1. The highest BCUT2D eigenvalue weighted by Gasteiger charge is 2.36. The van der Waals surface area contributed by atoms with Crippen LogP contribution in [-0.4, -0.2) is 16.7 Å². The molecule has 28 heavy (non-hydrogen) atoms. The number of amides is 1. The minimum atomic E-state index is -0.309. The van der Waals surface area contributed by atoms with Crippen molar-refractivity contribution in [1.82, 2.24) is 5.43 Å². The Bertz CT molecular complexity index is 994. The zero-order valence-corrected chi connectivity index (χ0v) is 17.8. The third kappa shape index (κ3) is 4.20. The Kier molecular flexibility index (Phi) is 5.50. The zero-order valence-electron chi connectivity index (χ0n) is 16.3. The molecule has 0 spiro atoms. The maximum atomic E-state index is 12.9. The Morgan fingerprint density at radius 1 is 1.32 bits per heavy atom. The first-order valence-corrected chi connectivity index (χ1v) is 9.68. The number of hydrazone groups is 1. The molecular weight excluding hydrogens is 396 g/mol. The van der Waals surface area contributed by atoms with Gasteiger partial charge in [-0.3, -0.25) is 10.2 Å². The van der Waals surface area contributed by atoms with Crippen molar-refractivity contribution in [3.05, 3.63) is 51.4 Å². The van der Waals surface area contributed by atoms with Crippen LogP contribution in [0.5, 0.6) is 0 Å². The summed E-state index contributed by atoms with van der Waals surface area (Å²) in [6.07, 6.45) is 1.43. The largest absolute Gasteiger partial charge is 0.455 e. The van der Waals surface area contributed by atoms with E-state index in [0.29, 0.717) is 23.6 Å². The van der Waals surface area contributed by atoms with E-state index in [1.807, 2.05) is 13.8 Å². The van der Waals surface area contributed by atoms with E-state index in [9.17, 15) is 4.79 Å². The number of benzene rings is 1. The molecule has 1 aliphatic rings. The molecule has 1 aromatic heterocycles. The molecule has 6 nitrogen and oxygen atoms in total. The van der Waals surface area contributed by atoms with E-state index in [2.05, 4.69) is 29.7 Å². The first kappa shape index (κ1) is 20.4. The Morgan fingerprint density at radius 3 is 2.68 bits per heavy atom. The lowest BCUT2D eigenvalue weighted by Crippen LogP contribution is -2.31. The summed E-state index contributed by atoms with van der Waals surface area (Å²) in [5, 5.41) is 7.97. The normalized spacial score (nSPS) is 16.5. The molecule has 0 aliphatic heterocycles. The number of fused-ring (bicyclic) bond motifs is 1. The monoisotopic (exact) mass is 418 g/mol. The number of aryl methyl sites for hydroxylation is 1. The number of nitrogens with zero attached hydrogens (tertiary/aromatic N) is 1. The molecule has 0 atom stereocenters. The molecule has 0 saturated carbocycles. The summed E-state index contributed by atoms with van der Waals surface area (Å²) < 4.78 is 6.00. The number of hydrogen-bond donors (Lipinski definition) is 3. The van der Waals surface area contributed by atoms with Crippen LogP contribution in [-0.2, 0) is 6.42 Å². The van der Waals surface area contributed by atoms with Crippen molar-refractivity contribution >= 4 is 46.2 Å². The van der Waals surface area contributed by atoms with Crippen molar-refractivity contribution < 1.29 is 9.21 Å². The summed E-state index contributed by atoms with van der Waals surface area (Å²) in [7, 11) is 0. The minimum Gasteiger partial charge on any atom is -0.455 e. The van der Waals surface area contributed by atoms with Gasteiger partial charge in [-0.1, -0.05) is 25.4 Å². The van der Waals surface area contributed by atoms with Crippen LogP contribution in [0.15, 0.2) is 27.7 Å². The number of rotatable bonds is 3. The number of furan rings is 1. The van der Waals surface area contributed by atoms with Crippen molar-refractivity contribution in [2.75, 3.05) is 5.32 Å². The van der Waals surface area contributed by atoms with Gasteiger partial charge in [0, 0.05) is 28.3 Å². The van der Waals surface area contributed by atoms with Crippen LogP contribution < -0.4 is 16.5 Å². The van der Waals surface area contributed by atoms with Crippen LogP contribution in [0.25, 0.3) is 0 Å². The Hall–Kier alpha value is -2.38. The summed E-state index contributed by atoms with van der Waals surface area (Å²) in [5.41, 5.74) is 12.0. The molecule has 0 unspecified atom stereocenters. The number of nitrogens with two attached hydrogens (primary N) is 1. The predicted octanol–water partition coefficient (Wildman–Crippen LogP) is 4.31. The molecule has 1 heterocycles. The number of nitrogens with one attached hydrogen (secondary N) is 2. The van der Waals surface area contributed by atoms with Gasteiger partial charge in [0.05, 0.1) is 5.71 Å². The number of carbonyl (C=O) groups excluding carboxylic acids is 1.